The monoisotopic (exact) mass is 338 g/mol. The van der Waals surface area contributed by atoms with E-state index in [9.17, 15) is 5.11 Å². The summed E-state index contributed by atoms with van der Waals surface area (Å²) in [6, 6.07) is 15.5. The first-order valence-corrected chi connectivity index (χ1v) is 7.43. The van der Waals surface area contributed by atoms with E-state index in [1.165, 1.54) is 0 Å². The zero-order valence-corrected chi connectivity index (χ0v) is 13.1. The van der Waals surface area contributed by atoms with Crippen molar-refractivity contribution in [2.24, 2.45) is 0 Å². The number of hydrogen-bond donors (Lipinski definition) is 1. The molecule has 0 spiro atoms. The van der Waals surface area contributed by atoms with Gasteiger partial charge in [-0.25, -0.2) is 0 Å². The Labute approximate surface area is 127 Å². The molecule has 0 aromatic heterocycles. The zero-order valence-electron chi connectivity index (χ0n) is 10.7. The molecule has 1 atom stereocenters. The predicted molar refractivity (Wildman–Crippen MR) is 83.5 cm³/mol. The van der Waals surface area contributed by atoms with Crippen molar-refractivity contribution in [3.63, 3.8) is 0 Å². The second-order valence-corrected chi connectivity index (χ2v) is 6.05. The van der Waals surface area contributed by atoms with Gasteiger partial charge in [-0.3, -0.25) is 0 Å². The normalized spacial score (nSPS) is 14.1. The highest BCUT2D eigenvalue weighted by Gasteiger charge is 2.27. The van der Waals surface area contributed by atoms with E-state index in [0.29, 0.717) is 17.9 Å². The quantitative estimate of drug-likeness (QED) is 0.836. The molecule has 2 aromatic carbocycles. The molecule has 0 radical (unpaired) electrons. The number of halogens is 2. The first-order chi connectivity index (χ1) is 9.03. The summed E-state index contributed by atoms with van der Waals surface area (Å²) in [7, 11) is 0. The van der Waals surface area contributed by atoms with Gasteiger partial charge in [-0.2, -0.15) is 0 Å². The van der Waals surface area contributed by atoms with Gasteiger partial charge in [0, 0.05) is 15.9 Å². The van der Waals surface area contributed by atoms with Crippen LogP contribution in [0.1, 0.15) is 24.5 Å². The topological polar surface area (TPSA) is 20.2 Å². The number of rotatable bonds is 4. The molecule has 1 unspecified atom stereocenters. The van der Waals surface area contributed by atoms with Crippen molar-refractivity contribution in [1.29, 1.82) is 0 Å². The van der Waals surface area contributed by atoms with Crippen molar-refractivity contribution in [1.82, 2.24) is 0 Å². The van der Waals surface area contributed by atoms with Crippen molar-refractivity contribution in [2.45, 2.75) is 25.4 Å². The highest BCUT2D eigenvalue weighted by atomic mass is 79.9. The molecule has 0 aliphatic rings. The molecular weight excluding hydrogens is 324 g/mol. The van der Waals surface area contributed by atoms with Crippen LogP contribution in [0.15, 0.2) is 53.0 Å². The molecular formula is C16H16BrClO. The predicted octanol–water partition coefficient (Wildman–Crippen LogP) is 4.94. The number of aliphatic hydroxyl groups is 1. The summed E-state index contributed by atoms with van der Waals surface area (Å²) < 4.78 is 0.980. The van der Waals surface area contributed by atoms with Crippen molar-refractivity contribution in [3.05, 3.63) is 69.2 Å². The summed E-state index contributed by atoms with van der Waals surface area (Å²) in [6.07, 6.45) is 1.24. The Morgan fingerprint density at radius 2 is 1.84 bits per heavy atom. The zero-order chi connectivity index (χ0) is 13.9. The van der Waals surface area contributed by atoms with Crippen LogP contribution in [0.2, 0.25) is 5.02 Å². The third-order valence-electron chi connectivity index (χ3n) is 3.36. The fourth-order valence-corrected chi connectivity index (χ4v) is 2.67. The second kappa shape index (κ2) is 6.08. The third kappa shape index (κ3) is 3.59. The Morgan fingerprint density at radius 3 is 2.42 bits per heavy atom. The maximum absolute atomic E-state index is 10.9. The van der Waals surface area contributed by atoms with E-state index < -0.39 is 5.60 Å². The second-order valence-electron chi connectivity index (χ2n) is 4.70. The molecule has 100 valence electrons. The fraction of sp³-hybridized carbons (Fsp3) is 0.250. The molecule has 0 bridgehead atoms. The van der Waals surface area contributed by atoms with Gasteiger partial charge in [0.1, 0.15) is 0 Å². The lowest BCUT2D eigenvalue weighted by molar-refractivity contribution is 0.0327. The molecule has 2 rings (SSSR count). The molecule has 0 amide bonds. The fourth-order valence-electron chi connectivity index (χ4n) is 2.15. The lowest BCUT2D eigenvalue weighted by Crippen LogP contribution is -2.27. The average Bonchev–Trinajstić information content (AvgIpc) is 2.41. The van der Waals surface area contributed by atoms with Gasteiger partial charge in [0.2, 0.25) is 0 Å². The van der Waals surface area contributed by atoms with Crippen molar-refractivity contribution >= 4 is 27.5 Å². The van der Waals surface area contributed by atoms with E-state index >= 15 is 0 Å². The highest BCUT2D eigenvalue weighted by Crippen LogP contribution is 2.31. The maximum Gasteiger partial charge on any atom is 0.0934 e. The molecule has 0 saturated heterocycles. The highest BCUT2D eigenvalue weighted by molar-refractivity contribution is 9.10. The van der Waals surface area contributed by atoms with Crippen LogP contribution in [-0.2, 0) is 12.0 Å². The van der Waals surface area contributed by atoms with E-state index in [2.05, 4.69) is 15.9 Å². The Bertz CT molecular complexity index is 553. The van der Waals surface area contributed by atoms with E-state index in [-0.39, 0.29) is 0 Å². The summed E-state index contributed by atoms with van der Waals surface area (Å²) in [6.45, 7) is 2.00. The molecule has 19 heavy (non-hydrogen) atoms. The molecule has 0 saturated carbocycles. The van der Waals surface area contributed by atoms with Gasteiger partial charge in [-0.1, -0.05) is 58.7 Å². The van der Waals surface area contributed by atoms with Gasteiger partial charge < -0.3 is 5.11 Å². The van der Waals surface area contributed by atoms with Gasteiger partial charge in [-0.15, -0.1) is 0 Å². The SMILES string of the molecule is CCC(O)(Cc1ccc(Cl)cc1)c1cccc(Br)c1. The smallest absolute Gasteiger partial charge is 0.0934 e. The molecule has 1 N–H and O–H groups in total. The summed E-state index contributed by atoms with van der Waals surface area (Å²) in [5, 5.41) is 11.6. The molecule has 0 aliphatic heterocycles. The van der Waals surface area contributed by atoms with Crippen LogP contribution < -0.4 is 0 Å². The summed E-state index contributed by atoms with van der Waals surface area (Å²) in [5.41, 5.74) is 1.16. The van der Waals surface area contributed by atoms with E-state index in [1.807, 2.05) is 55.5 Å². The standard InChI is InChI=1S/C16H16BrClO/c1-2-16(19,13-4-3-5-14(17)10-13)11-12-6-8-15(18)9-7-12/h3-10,19H,2,11H2,1H3. The number of benzene rings is 2. The van der Waals surface area contributed by atoms with E-state index in [4.69, 9.17) is 11.6 Å². The van der Waals surface area contributed by atoms with Crippen molar-refractivity contribution < 1.29 is 5.11 Å². The summed E-state index contributed by atoms with van der Waals surface area (Å²) in [4.78, 5) is 0. The van der Waals surface area contributed by atoms with Crippen LogP contribution in [0.25, 0.3) is 0 Å². The molecule has 0 heterocycles. The minimum absolute atomic E-state index is 0.580. The van der Waals surface area contributed by atoms with Crippen LogP contribution in [-0.4, -0.2) is 5.11 Å². The lowest BCUT2D eigenvalue weighted by atomic mass is 9.85. The first kappa shape index (κ1) is 14.6. The summed E-state index contributed by atoms with van der Waals surface area (Å²) >= 11 is 9.34. The summed E-state index contributed by atoms with van der Waals surface area (Å²) in [5.74, 6) is 0. The van der Waals surface area contributed by atoms with Crippen molar-refractivity contribution in [3.8, 4) is 0 Å². The maximum atomic E-state index is 10.9. The van der Waals surface area contributed by atoms with Crippen LogP contribution in [0.4, 0.5) is 0 Å². The Balaban J connectivity index is 2.30. The minimum Gasteiger partial charge on any atom is -0.385 e. The van der Waals surface area contributed by atoms with Gasteiger partial charge in [-0.05, 0) is 41.8 Å². The number of hydrogen-bond acceptors (Lipinski definition) is 1. The van der Waals surface area contributed by atoms with Crippen molar-refractivity contribution in [2.75, 3.05) is 0 Å². The Kier molecular flexibility index (Phi) is 4.67. The van der Waals surface area contributed by atoms with Gasteiger partial charge in [0.25, 0.3) is 0 Å². The molecule has 1 nitrogen and oxygen atoms in total. The third-order valence-corrected chi connectivity index (χ3v) is 4.10. The minimum atomic E-state index is -0.850. The largest absolute Gasteiger partial charge is 0.385 e. The van der Waals surface area contributed by atoms with Crippen LogP contribution in [0.3, 0.4) is 0 Å². The lowest BCUT2D eigenvalue weighted by Gasteiger charge is -2.28. The van der Waals surface area contributed by atoms with Gasteiger partial charge in [0.15, 0.2) is 0 Å². The Hall–Kier alpha value is -0.830. The van der Waals surface area contributed by atoms with Gasteiger partial charge in [0.05, 0.1) is 5.60 Å². The molecule has 0 fully saturated rings. The van der Waals surface area contributed by atoms with E-state index in [0.717, 1.165) is 15.6 Å². The van der Waals surface area contributed by atoms with E-state index in [1.54, 1.807) is 0 Å². The molecule has 3 heteroatoms. The van der Waals surface area contributed by atoms with Crippen LogP contribution >= 0.6 is 27.5 Å². The molecule has 2 aromatic rings. The Morgan fingerprint density at radius 1 is 1.16 bits per heavy atom. The van der Waals surface area contributed by atoms with Crippen LogP contribution in [0.5, 0.6) is 0 Å². The molecule has 0 aliphatic carbocycles. The van der Waals surface area contributed by atoms with Crippen LogP contribution in [0, 0.1) is 0 Å². The first-order valence-electron chi connectivity index (χ1n) is 6.26. The van der Waals surface area contributed by atoms with Gasteiger partial charge >= 0.3 is 0 Å². The average molecular weight is 340 g/mol.